The molecule has 0 fully saturated rings. The summed E-state index contributed by atoms with van der Waals surface area (Å²) in [7, 11) is -4.26. The molecule has 2 aromatic rings. The Kier molecular flexibility index (Phi) is 3.63. The fourth-order valence-electron chi connectivity index (χ4n) is 1.70. The van der Waals surface area contributed by atoms with Gasteiger partial charge in [0.05, 0.1) is 5.69 Å². The van der Waals surface area contributed by atoms with Crippen LogP contribution in [0.2, 0.25) is 0 Å². The first-order chi connectivity index (χ1) is 9.31. The highest BCUT2D eigenvalue weighted by atomic mass is 32.2. The van der Waals surface area contributed by atoms with Gasteiger partial charge in [0.1, 0.15) is 16.5 Å². The first-order valence-electron chi connectivity index (χ1n) is 5.64. The molecule has 0 unspecified atom stereocenters. The minimum atomic E-state index is -4.26. The fourth-order valence-corrected chi connectivity index (χ4v) is 2.96. The van der Waals surface area contributed by atoms with Crippen molar-refractivity contribution in [3.8, 4) is 0 Å². The third kappa shape index (κ3) is 2.72. The summed E-state index contributed by atoms with van der Waals surface area (Å²) >= 11 is 0. The van der Waals surface area contributed by atoms with Gasteiger partial charge in [0.15, 0.2) is 0 Å². The van der Waals surface area contributed by atoms with Crippen LogP contribution in [0.5, 0.6) is 0 Å². The van der Waals surface area contributed by atoms with Crippen LogP contribution in [-0.2, 0) is 10.0 Å². The second kappa shape index (κ2) is 5.09. The van der Waals surface area contributed by atoms with Crippen molar-refractivity contribution < 1.29 is 17.2 Å². The van der Waals surface area contributed by atoms with E-state index >= 15 is 0 Å². The van der Waals surface area contributed by atoms with Gasteiger partial charge in [-0.1, -0.05) is 12.1 Å². The van der Waals surface area contributed by atoms with E-state index in [0.29, 0.717) is 0 Å². The number of para-hydroxylation sites is 1. The molecule has 0 aliphatic carbocycles. The van der Waals surface area contributed by atoms with Gasteiger partial charge in [0.2, 0.25) is 0 Å². The number of nitrogens with two attached hydrogens (primary N) is 1. The van der Waals surface area contributed by atoms with Gasteiger partial charge in [0.25, 0.3) is 10.0 Å². The summed E-state index contributed by atoms with van der Waals surface area (Å²) in [5.74, 6) is -1.67. The molecule has 0 radical (unpaired) electrons. The standard InChI is InChI=1S/C13H12F2N2O2S/c1-8-6-9(16)7-12(13(8)15)20(18,19)17-11-5-3-2-4-10(11)14/h2-7,17H,16H2,1H3. The van der Waals surface area contributed by atoms with E-state index in [2.05, 4.69) is 0 Å². The second-order valence-corrected chi connectivity index (χ2v) is 5.89. The molecule has 3 N–H and O–H groups in total. The lowest BCUT2D eigenvalue weighted by Crippen LogP contribution is -2.16. The highest BCUT2D eigenvalue weighted by molar-refractivity contribution is 7.92. The van der Waals surface area contributed by atoms with Crippen molar-refractivity contribution >= 4 is 21.4 Å². The molecule has 2 aromatic carbocycles. The third-order valence-corrected chi connectivity index (χ3v) is 4.02. The number of hydrogen-bond donors (Lipinski definition) is 2. The molecule has 0 bridgehead atoms. The van der Waals surface area contributed by atoms with Gasteiger partial charge in [-0.25, -0.2) is 17.2 Å². The van der Waals surface area contributed by atoms with Crippen LogP contribution < -0.4 is 10.5 Å². The van der Waals surface area contributed by atoms with E-state index in [0.717, 1.165) is 12.1 Å². The Labute approximate surface area is 115 Å². The molecule has 106 valence electrons. The van der Waals surface area contributed by atoms with E-state index < -0.39 is 26.6 Å². The van der Waals surface area contributed by atoms with E-state index in [1.807, 2.05) is 4.72 Å². The first-order valence-corrected chi connectivity index (χ1v) is 7.12. The Morgan fingerprint density at radius 2 is 1.80 bits per heavy atom. The Morgan fingerprint density at radius 3 is 2.45 bits per heavy atom. The number of benzene rings is 2. The topological polar surface area (TPSA) is 72.2 Å². The van der Waals surface area contributed by atoms with Crippen LogP contribution >= 0.6 is 0 Å². The molecule has 0 heterocycles. The Hall–Kier alpha value is -2.15. The smallest absolute Gasteiger partial charge is 0.264 e. The van der Waals surface area contributed by atoms with Crippen molar-refractivity contribution in [1.82, 2.24) is 0 Å². The predicted molar refractivity (Wildman–Crippen MR) is 72.8 cm³/mol. The van der Waals surface area contributed by atoms with Crippen molar-refractivity contribution in [2.45, 2.75) is 11.8 Å². The molecule has 0 saturated heterocycles. The Bertz CT molecular complexity index is 761. The highest BCUT2D eigenvalue weighted by Crippen LogP contribution is 2.24. The fraction of sp³-hybridized carbons (Fsp3) is 0.0769. The monoisotopic (exact) mass is 298 g/mol. The van der Waals surface area contributed by atoms with Crippen molar-refractivity contribution in [1.29, 1.82) is 0 Å². The van der Waals surface area contributed by atoms with E-state index in [1.54, 1.807) is 0 Å². The molecule has 0 amide bonds. The highest BCUT2D eigenvalue weighted by Gasteiger charge is 2.22. The zero-order valence-electron chi connectivity index (χ0n) is 10.5. The molecule has 7 heteroatoms. The van der Waals surface area contributed by atoms with Crippen LogP contribution in [0.1, 0.15) is 5.56 Å². The minimum Gasteiger partial charge on any atom is -0.399 e. The van der Waals surface area contributed by atoms with E-state index in [4.69, 9.17) is 5.73 Å². The van der Waals surface area contributed by atoms with Gasteiger partial charge < -0.3 is 5.73 Å². The average molecular weight is 298 g/mol. The quantitative estimate of drug-likeness (QED) is 0.856. The lowest BCUT2D eigenvalue weighted by atomic mass is 10.2. The minimum absolute atomic E-state index is 0.0962. The number of sulfonamides is 1. The number of nitrogen functional groups attached to an aromatic ring is 1. The summed E-state index contributed by atoms with van der Waals surface area (Å²) in [6, 6.07) is 7.52. The zero-order valence-corrected chi connectivity index (χ0v) is 11.3. The summed E-state index contributed by atoms with van der Waals surface area (Å²) < 4.78 is 53.6. The summed E-state index contributed by atoms with van der Waals surface area (Å²) in [6.45, 7) is 1.40. The SMILES string of the molecule is Cc1cc(N)cc(S(=O)(=O)Nc2ccccc2F)c1F. The summed E-state index contributed by atoms with van der Waals surface area (Å²) in [6.07, 6.45) is 0. The number of rotatable bonds is 3. The number of anilines is 2. The molecule has 0 aromatic heterocycles. The molecule has 20 heavy (non-hydrogen) atoms. The van der Waals surface area contributed by atoms with Crippen molar-refractivity contribution in [3.05, 3.63) is 53.6 Å². The van der Waals surface area contributed by atoms with Crippen LogP contribution in [0, 0.1) is 18.6 Å². The van der Waals surface area contributed by atoms with Crippen LogP contribution in [0.4, 0.5) is 20.2 Å². The predicted octanol–water partition coefficient (Wildman–Crippen LogP) is 2.66. The van der Waals surface area contributed by atoms with Gasteiger partial charge in [-0.3, -0.25) is 4.72 Å². The van der Waals surface area contributed by atoms with E-state index in [9.17, 15) is 17.2 Å². The normalized spacial score (nSPS) is 11.3. The van der Waals surface area contributed by atoms with Gasteiger partial charge in [-0.2, -0.15) is 0 Å². The maximum atomic E-state index is 13.9. The summed E-state index contributed by atoms with van der Waals surface area (Å²) in [5.41, 5.74) is 5.46. The first kappa shape index (κ1) is 14.3. The largest absolute Gasteiger partial charge is 0.399 e. The maximum Gasteiger partial charge on any atom is 0.264 e. The summed E-state index contributed by atoms with van der Waals surface area (Å²) in [4.78, 5) is -0.613. The van der Waals surface area contributed by atoms with Crippen molar-refractivity contribution in [2.24, 2.45) is 0 Å². The van der Waals surface area contributed by atoms with Crippen LogP contribution in [-0.4, -0.2) is 8.42 Å². The number of halogens is 2. The zero-order chi connectivity index (χ0) is 14.9. The molecule has 0 spiro atoms. The second-order valence-electron chi connectivity index (χ2n) is 4.24. The van der Waals surface area contributed by atoms with Crippen LogP contribution in [0.15, 0.2) is 41.3 Å². The van der Waals surface area contributed by atoms with Crippen molar-refractivity contribution in [2.75, 3.05) is 10.5 Å². The molecule has 2 rings (SSSR count). The lowest BCUT2D eigenvalue weighted by molar-refractivity contribution is 0.564. The van der Waals surface area contributed by atoms with Gasteiger partial charge >= 0.3 is 0 Å². The average Bonchev–Trinajstić information content (AvgIpc) is 2.36. The number of aryl methyl sites for hydroxylation is 1. The lowest BCUT2D eigenvalue weighted by Gasteiger charge is -2.11. The van der Waals surface area contributed by atoms with Crippen molar-refractivity contribution in [3.63, 3.8) is 0 Å². The van der Waals surface area contributed by atoms with E-state index in [-0.39, 0.29) is 16.9 Å². The molecule has 0 atom stereocenters. The van der Waals surface area contributed by atoms with E-state index in [1.165, 1.54) is 31.2 Å². The van der Waals surface area contributed by atoms with Crippen LogP contribution in [0.25, 0.3) is 0 Å². The number of nitrogens with one attached hydrogen (secondary N) is 1. The molecular weight excluding hydrogens is 286 g/mol. The summed E-state index contributed by atoms with van der Waals surface area (Å²) in [5, 5.41) is 0. The number of hydrogen-bond acceptors (Lipinski definition) is 3. The van der Waals surface area contributed by atoms with Gasteiger partial charge in [-0.05, 0) is 36.8 Å². The Balaban J connectivity index is 2.49. The molecule has 4 nitrogen and oxygen atoms in total. The molecule has 0 saturated carbocycles. The van der Waals surface area contributed by atoms with Crippen LogP contribution in [0.3, 0.4) is 0 Å². The van der Waals surface area contributed by atoms with Gasteiger partial charge in [0, 0.05) is 5.69 Å². The third-order valence-electron chi connectivity index (χ3n) is 2.65. The van der Waals surface area contributed by atoms with Gasteiger partial charge in [-0.15, -0.1) is 0 Å². The molecule has 0 aliphatic rings. The Morgan fingerprint density at radius 1 is 1.15 bits per heavy atom. The molecule has 0 aliphatic heterocycles. The molecular formula is C13H12F2N2O2S. The maximum absolute atomic E-state index is 13.9.